The fraction of sp³-hybridized carbons (Fsp3) is 0.455. The number of aryl methyl sites for hydroxylation is 1. The van der Waals surface area contributed by atoms with Gasteiger partial charge in [0.15, 0.2) is 0 Å². The normalized spacial score (nSPS) is 10.6. The molecule has 0 fully saturated rings. The highest BCUT2D eigenvalue weighted by Crippen LogP contribution is 2.25. The molecule has 14 heavy (non-hydrogen) atoms. The Kier molecular flexibility index (Phi) is 4.55. The lowest BCUT2D eigenvalue weighted by Crippen LogP contribution is -2.00. The van der Waals surface area contributed by atoms with Crippen molar-refractivity contribution in [3.8, 4) is 0 Å². The first-order chi connectivity index (χ1) is 6.66. The molecule has 0 unspecified atom stereocenters. The zero-order chi connectivity index (χ0) is 10.6. The topological polar surface area (TPSA) is 26.0 Å². The van der Waals surface area contributed by atoms with Crippen LogP contribution in [0.2, 0.25) is 0 Å². The van der Waals surface area contributed by atoms with E-state index in [1.807, 2.05) is 13.0 Å². The van der Waals surface area contributed by atoms with Crippen LogP contribution >= 0.6 is 15.9 Å². The van der Waals surface area contributed by atoms with Crippen molar-refractivity contribution in [1.29, 1.82) is 0 Å². The molecule has 0 aliphatic rings. The van der Waals surface area contributed by atoms with Crippen LogP contribution in [0.1, 0.15) is 24.0 Å². The lowest BCUT2D eigenvalue weighted by atomic mass is 10.0. The Labute approximate surface area is 92.6 Å². The van der Waals surface area contributed by atoms with Crippen molar-refractivity contribution in [2.75, 3.05) is 6.54 Å². The number of rotatable bonds is 4. The first kappa shape index (κ1) is 11.7. The molecule has 0 saturated heterocycles. The molecule has 0 spiro atoms. The first-order valence-electron chi connectivity index (χ1n) is 4.80. The molecule has 1 nitrogen and oxygen atoms in total. The summed E-state index contributed by atoms with van der Waals surface area (Å²) in [5.74, 6) is -0.182. The maximum Gasteiger partial charge on any atom is 0.137 e. The molecule has 0 bridgehead atoms. The van der Waals surface area contributed by atoms with Crippen LogP contribution in [0.15, 0.2) is 16.6 Å². The second-order valence-electron chi connectivity index (χ2n) is 3.40. The maximum absolute atomic E-state index is 13.2. The van der Waals surface area contributed by atoms with Crippen molar-refractivity contribution in [3.63, 3.8) is 0 Å². The summed E-state index contributed by atoms with van der Waals surface area (Å²) in [6.45, 7) is 2.70. The van der Waals surface area contributed by atoms with Gasteiger partial charge in [-0.2, -0.15) is 0 Å². The zero-order valence-electron chi connectivity index (χ0n) is 8.32. The summed E-state index contributed by atoms with van der Waals surface area (Å²) in [7, 11) is 0. The van der Waals surface area contributed by atoms with Gasteiger partial charge in [-0.15, -0.1) is 0 Å². The van der Waals surface area contributed by atoms with Gasteiger partial charge in [0.2, 0.25) is 0 Å². The van der Waals surface area contributed by atoms with Crippen LogP contribution in [0.4, 0.5) is 4.39 Å². The number of halogens is 2. The maximum atomic E-state index is 13.2. The SMILES string of the molecule is Cc1ccc(F)c(Br)c1CCCCN. The van der Waals surface area contributed by atoms with E-state index in [-0.39, 0.29) is 5.82 Å². The van der Waals surface area contributed by atoms with Crippen molar-refractivity contribution >= 4 is 15.9 Å². The quantitative estimate of drug-likeness (QED) is 0.827. The minimum Gasteiger partial charge on any atom is -0.330 e. The number of hydrogen-bond acceptors (Lipinski definition) is 1. The Morgan fingerprint density at radius 2 is 2.07 bits per heavy atom. The van der Waals surface area contributed by atoms with Gasteiger partial charge in [-0.25, -0.2) is 4.39 Å². The van der Waals surface area contributed by atoms with E-state index in [0.717, 1.165) is 30.4 Å². The smallest absolute Gasteiger partial charge is 0.137 e. The Bertz CT molecular complexity index is 312. The second-order valence-corrected chi connectivity index (χ2v) is 4.20. The summed E-state index contributed by atoms with van der Waals surface area (Å²) in [5.41, 5.74) is 7.62. The van der Waals surface area contributed by atoms with Gasteiger partial charge in [0, 0.05) is 0 Å². The summed E-state index contributed by atoms with van der Waals surface area (Å²) >= 11 is 3.28. The molecule has 78 valence electrons. The molecule has 0 aliphatic heterocycles. The average Bonchev–Trinajstić information content (AvgIpc) is 2.18. The standard InChI is InChI=1S/C11H15BrFN/c1-8-5-6-10(13)11(12)9(8)4-2-3-7-14/h5-6H,2-4,7,14H2,1H3. The molecule has 1 aromatic rings. The van der Waals surface area contributed by atoms with Crippen molar-refractivity contribution in [3.05, 3.63) is 33.5 Å². The van der Waals surface area contributed by atoms with Crippen LogP contribution < -0.4 is 5.73 Å². The molecule has 0 heterocycles. The Morgan fingerprint density at radius 1 is 1.36 bits per heavy atom. The Balaban J connectivity index is 2.79. The molecule has 0 radical (unpaired) electrons. The lowest BCUT2D eigenvalue weighted by molar-refractivity contribution is 0.615. The largest absolute Gasteiger partial charge is 0.330 e. The molecule has 2 N–H and O–H groups in total. The molecule has 1 aromatic carbocycles. The number of nitrogens with two attached hydrogens (primary N) is 1. The van der Waals surface area contributed by atoms with E-state index in [0.29, 0.717) is 11.0 Å². The highest BCUT2D eigenvalue weighted by atomic mass is 79.9. The molecule has 1 rings (SSSR count). The van der Waals surface area contributed by atoms with Gasteiger partial charge < -0.3 is 5.73 Å². The zero-order valence-corrected chi connectivity index (χ0v) is 9.90. The Hall–Kier alpha value is -0.410. The van der Waals surface area contributed by atoms with Crippen LogP contribution in [0.3, 0.4) is 0 Å². The number of benzene rings is 1. The summed E-state index contributed by atoms with van der Waals surface area (Å²) in [5, 5.41) is 0. The summed E-state index contributed by atoms with van der Waals surface area (Å²) in [6, 6.07) is 3.31. The van der Waals surface area contributed by atoms with Crippen LogP contribution in [0, 0.1) is 12.7 Å². The van der Waals surface area contributed by atoms with Gasteiger partial charge in [0.05, 0.1) is 4.47 Å². The van der Waals surface area contributed by atoms with Crippen molar-refractivity contribution in [2.24, 2.45) is 5.73 Å². The molecular weight excluding hydrogens is 245 g/mol. The van der Waals surface area contributed by atoms with Gasteiger partial charge in [-0.05, 0) is 65.9 Å². The van der Waals surface area contributed by atoms with E-state index >= 15 is 0 Å². The highest BCUT2D eigenvalue weighted by molar-refractivity contribution is 9.10. The second kappa shape index (κ2) is 5.47. The van der Waals surface area contributed by atoms with Crippen molar-refractivity contribution < 1.29 is 4.39 Å². The van der Waals surface area contributed by atoms with E-state index in [1.165, 1.54) is 6.07 Å². The van der Waals surface area contributed by atoms with E-state index in [1.54, 1.807) is 0 Å². The molecule has 0 atom stereocenters. The van der Waals surface area contributed by atoms with Crippen LogP contribution in [0.5, 0.6) is 0 Å². The summed E-state index contributed by atoms with van der Waals surface area (Å²) in [4.78, 5) is 0. The van der Waals surface area contributed by atoms with E-state index < -0.39 is 0 Å². The number of unbranched alkanes of at least 4 members (excludes halogenated alkanes) is 1. The van der Waals surface area contributed by atoms with Crippen LogP contribution in [0.25, 0.3) is 0 Å². The molecule has 0 saturated carbocycles. The van der Waals surface area contributed by atoms with Gasteiger partial charge in [0.25, 0.3) is 0 Å². The average molecular weight is 260 g/mol. The van der Waals surface area contributed by atoms with Crippen molar-refractivity contribution in [2.45, 2.75) is 26.2 Å². The summed E-state index contributed by atoms with van der Waals surface area (Å²) in [6.07, 6.45) is 2.89. The van der Waals surface area contributed by atoms with E-state index in [2.05, 4.69) is 15.9 Å². The van der Waals surface area contributed by atoms with Gasteiger partial charge in [-0.3, -0.25) is 0 Å². The van der Waals surface area contributed by atoms with Gasteiger partial charge >= 0.3 is 0 Å². The predicted octanol–water partition coefficient (Wildman–Crippen LogP) is 3.18. The van der Waals surface area contributed by atoms with Gasteiger partial charge in [0.1, 0.15) is 5.82 Å². The molecule has 3 heteroatoms. The monoisotopic (exact) mass is 259 g/mol. The summed E-state index contributed by atoms with van der Waals surface area (Å²) < 4.78 is 13.8. The van der Waals surface area contributed by atoms with Crippen molar-refractivity contribution in [1.82, 2.24) is 0 Å². The first-order valence-corrected chi connectivity index (χ1v) is 5.59. The molecular formula is C11H15BrFN. The third kappa shape index (κ3) is 2.79. The fourth-order valence-corrected chi connectivity index (χ4v) is 2.09. The van der Waals surface area contributed by atoms with Crippen LogP contribution in [-0.4, -0.2) is 6.54 Å². The van der Waals surface area contributed by atoms with E-state index in [9.17, 15) is 4.39 Å². The molecule has 0 aliphatic carbocycles. The van der Waals surface area contributed by atoms with E-state index in [4.69, 9.17) is 5.73 Å². The minimum absolute atomic E-state index is 0.182. The molecule has 0 aromatic heterocycles. The highest BCUT2D eigenvalue weighted by Gasteiger charge is 2.07. The minimum atomic E-state index is -0.182. The molecule has 0 amide bonds. The fourth-order valence-electron chi connectivity index (χ4n) is 1.44. The third-order valence-electron chi connectivity index (χ3n) is 2.31. The van der Waals surface area contributed by atoms with Gasteiger partial charge in [-0.1, -0.05) is 6.07 Å². The van der Waals surface area contributed by atoms with Crippen LogP contribution in [-0.2, 0) is 6.42 Å². The lowest BCUT2D eigenvalue weighted by Gasteiger charge is -2.08. The third-order valence-corrected chi connectivity index (χ3v) is 3.17. The Morgan fingerprint density at radius 3 is 2.71 bits per heavy atom. The number of hydrogen-bond donors (Lipinski definition) is 1. The predicted molar refractivity (Wildman–Crippen MR) is 60.8 cm³/mol.